The van der Waals surface area contributed by atoms with Gasteiger partial charge < -0.3 is 9.13 Å². The molecule has 0 radical (unpaired) electrons. The van der Waals surface area contributed by atoms with E-state index >= 15 is 0 Å². The molecule has 0 fully saturated rings. The van der Waals surface area contributed by atoms with Gasteiger partial charge in [0.2, 0.25) is 0 Å². The summed E-state index contributed by atoms with van der Waals surface area (Å²) >= 11 is 0. The van der Waals surface area contributed by atoms with Crippen LogP contribution in [-0.4, -0.2) is 9.13 Å². The summed E-state index contributed by atoms with van der Waals surface area (Å²) in [5.74, 6) is 0. The van der Waals surface area contributed by atoms with E-state index in [0.29, 0.717) is 0 Å². The zero-order valence-corrected chi connectivity index (χ0v) is 25.8. The molecule has 8 aromatic carbocycles. The minimum Gasteiger partial charge on any atom is -0.342 e. The van der Waals surface area contributed by atoms with Crippen molar-refractivity contribution in [3.8, 4) is 22.3 Å². The normalized spacial score (nSPS) is 12.1. The molecule has 0 N–H and O–H groups in total. The quantitative estimate of drug-likeness (QED) is 0.191. The van der Waals surface area contributed by atoms with E-state index in [1.807, 2.05) is 0 Å². The van der Waals surface area contributed by atoms with Gasteiger partial charge in [-0.15, -0.1) is 0 Å². The molecule has 46 heavy (non-hydrogen) atoms. The second kappa shape index (κ2) is 9.32. The molecule has 0 saturated heterocycles. The topological polar surface area (TPSA) is 9.86 Å². The summed E-state index contributed by atoms with van der Waals surface area (Å²) in [4.78, 5) is 0. The van der Waals surface area contributed by atoms with Crippen LogP contribution in [0.3, 0.4) is 0 Å². The number of benzene rings is 8. The molecule has 10 rings (SSSR count). The standard InChI is InChI=1S/C44H30N2/c1-45-39-25-33(31-17-15-27-9-3-5-11-29(27)23-31)19-21-37(39)41-35-13-7-8-14-36(35)42-38-22-20-34(26-40(38)46(2)44(42)43(41)45)32-18-16-28-10-4-6-12-30(28)24-32/h3-26H,1-2H3. The molecule has 0 spiro atoms. The number of rotatable bonds is 2. The Morgan fingerprint density at radius 2 is 0.696 bits per heavy atom. The zero-order chi connectivity index (χ0) is 30.5. The van der Waals surface area contributed by atoms with Gasteiger partial charge in [0.25, 0.3) is 0 Å². The molecule has 0 amide bonds. The molecular formula is C44H30N2. The lowest BCUT2D eigenvalue weighted by molar-refractivity contribution is 0.987. The van der Waals surface area contributed by atoms with Gasteiger partial charge in [-0.05, 0) is 78.8 Å². The van der Waals surface area contributed by atoms with Gasteiger partial charge in [-0.2, -0.15) is 0 Å². The molecule has 0 aliphatic carbocycles. The van der Waals surface area contributed by atoms with E-state index in [1.54, 1.807) is 0 Å². The molecule has 2 heterocycles. The maximum atomic E-state index is 2.42. The van der Waals surface area contributed by atoms with E-state index < -0.39 is 0 Å². The number of fused-ring (bicyclic) bond motifs is 12. The van der Waals surface area contributed by atoms with E-state index in [0.717, 1.165) is 0 Å². The predicted molar refractivity (Wildman–Crippen MR) is 198 cm³/mol. The summed E-state index contributed by atoms with van der Waals surface area (Å²) in [6.07, 6.45) is 0. The molecule has 10 aromatic rings. The Balaban J connectivity index is 1.26. The van der Waals surface area contributed by atoms with E-state index in [-0.39, 0.29) is 0 Å². The van der Waals surface area contributed by atoms with Gasteiger partial charge >= 0.3 is 0 Å². The summed E-state index contributed by atoms with van der Waals surface area (Å²) in [7, 11) is 4.47. The lowest BCUT2D eigenvalue weighted by Crippen LogP contribution is -1.93. The average molecular weight is 587 g/mol. The van der Waals surface area contributed by atoms with Gasteiger partial charge in [0.05, 0.1) is 11.0 Å². The van der Waals surface area contributed by atoms with Gasteiger partial charge in [-0.1, -0.05) is 121 Å². The largest absolute Gasteiger partial charge is 0.342 e. The van der Waals surface area contributed by atoms with Crippen molar-refractivity contribution < 1.29 is 0 Å². The van der Waals surface area contributed by atoms with Crippen molar-refractivity contribution in [2.45, 2.75) is 0 Å². The van der Waals surface area contributed by atoms with Crippen LogP contribution in [0.15, 0.2) is 146 Å². The van der Waals surface area contributed by atoms with E-state index in [1.165, 1.54) is 98.2 Å². The molecule has 0 aliphatic rings. The van der Waals surface area contributed by atoms with Gasteiger partial charge in [-0.25, -0.2) is 0 Å². The second-order valence-electron chi connectivity index (χ2n) is 12.7. The Labute approximate surface area is 266 Å². The van der Waals surface area contributed by atoms with Gasteiger partial charge in [0.1, 0.15) is 0 Å². The Morgan fingerprint density at radius 3 is 1.15 bits per heavy atom. The highest BCUT2D eigenvalue weighted by Gasteiger charge is 2.22. The summed E-state index contributed by atoms with van der Waals surface area (Å²) in [5, 5.41) is 12.9. The summed E-state index contributed by atoms with van der Waals surface area (Å²) in [6, 6.07) is 53.7. The van der Waals surface area contributed by atoms with Crippen LogP contribution in [0.5, 0.6) is 0 Å². The number of hydrogen-bond acceptors (Lipinski definition) is 0. The van der Waals surface area contributed by atoms with Crippen LogP contribution in [0.25, 0.3) is 98.2 Å². The maximum absolute atomic E-state index is 2.42. The first kappa shape index (κ1) is 25.5. The molecule has 216 valence electrons. The molecule has 2 heteroatoms. The molecule has 2 aromatic heterocycles. The Bertz CT molecular complexity index is 2680. The summed E-state index contributed by atoms with van der Waals surface area (Å²) in [6.45, 7) is 0. The van der Waals surface area contributed by atoms with Crippen LogP contribution in [0, 0.1) is 0 Å². The van der Waals surface area contributed by atoms with Crippen molar-refractivity contribution >= 4 is 75.9 Å². The number of nitrogens with zero attached hydrogens (tertiary/aromatic N) is 2. The van der Waals surface area contributed by atoms with Gasteiger partial charge in [0.15, 0.2) is 0 Å². The monoisotopic (exact) mass is 586 g/mol. The fourth-order valence-corrected chi connectivity index (χ4v) is 7.99. The van der Waals surface area contributed by atoms with Crippen molar-refractivity contribution in [3.63, 3.8) is 0 Å². The third kappa shape index (κ3) is 3.47. The van der Waals surface area contributed by atoms with Crippen LogP contribution in [0.1, 0.15) is 0 Å². The number of hydrogen-bond donors (Lipinski definition) is 0. The Kier molecular flexibility index (Phi) is 5.16. The molecule has 0 saturated carbocycles. The van der Waals surface area contributed by atoms with Crippen LogP contribution in [-0.2, 0) is 14.1 Å². The van der Waals surface area contributed by atoms with Crippen molar-refractivity contribution in [1.82, 2.24) is 9.13 Å². The van der Waals surface area contributed by atoms with E-state index in [9.17, 15) is 0 Å². The summed E-state index contributed by atoms with van der Waals surface area (Å²) < 4.78 is 4.85. The lowest BCUT2D eigenvalue weighted by Gasteiger charge is -2.08. The third-order valence-electron chi connectivity index (χ3n) is 10.3. The average Bonchev–Trinajstić information content (AvgIpc) is 3.58. The number of aromatic nitrogens is 2. The highest BCUT2D eigenvalue weighted by Crippen LogP contribution is 2.45. The van der Waals surface area contributed by atoms with Gasteiger partial charge in [0, 0.05) is 46.7 Å². The van der Waals surface area contributed by atoms with Crippen LogP contribution >= 0.6 is 0 Å². The highest BCUT2D eigenvalue weighted by molar-refractivity contribution is 6.36. The van der Waals surface area contributed by atoms with Crippen molar-refractivity contribution in [3.05, 3.63) is 146 Å². The highest BCUT2D eigenvalue weighted by atomic mass is 15.0. The predicted octanol–water partition coefficient (Wildman–Crippen LogP) is 11.8. The smallest absolute Gasteiger partial charge is 0.0742 e. The van der Waals surface area contributed by atoms with Crippen molar-refractivity contribution in [2.75, 3.05) is 0 Å². The summed E-state index contributed by atoms with van der Waals surface area (Å²) in [5.41, 5.74) is 10.0. The Hall–Kier alpha value is -5.86. The van der Waals surface area contributed by atoms with Crippen LogP contribution in [0.2, 0.25) is 0 Å². The van der Waals surface area contributed by atoms with E-state index in [2.05, 4.69) is 169 Å². The van der Waals surface area contributed by atoms with Crippen LogP contribution in [0.4, 0.5) is 0 Å². The number of aryl methyl sites for hydroxylation is 2. The first-order valence-corrected chi connectivity index (χ1v) is 16.0. The molecular weight excluding hydrogens is 556 g/mol. The molecule has 0 atom stereocenters. The van der Waals surface area contributed by atoms with Crippen LogP contribution < -0.4 is 0 Å². The fraction of sp³-hybridized carbons (Fsp3) is 0.0455. The molecule has 0 unspecified atom stereocenters. The minimum absolute atomic E-state index is 1.24. The first-order chi connectivity index (χ1) is 22.6. The molecule has 0 bridgehead atoms. The molecule has 2 nitrogen and oxygen atoms in total. The van der Waals surface area contributed by atoms with Crippen molar-refractivity contribution in [2.24, 2.45) is 14.1 Å². The molecule has 0 aliphatic heterocycles. The lowest BCUT2D eigenvalue weighted by atomic mass is 9.96. The Morgan fingerprint density at radius 1 is 0.326 bits per heavy atom. The van der Waals surface area contributed by atoms with Gasteiger partial charge in [-0.3, -0.25) is 0 Å². The van der Waals surface area contributed by atoms with E-state index in [4.69, 9.17) is 0 Å². The second-order valence-corrected chi connectivity index (χ2v) is 12.7. The minimum atomic E-state index is 1.24. The fourth-order valence-electron chi connectivity index (χ4n) is 7.99. The maximum Gasteiger partial charge on any atom is 0.0742 e. The third-order valence-corrected chi connectivity index (χ3v) is 10.3. The zero-order valence-electron chi connectivity index (χ0n) is 25.8. The SMILES string of the molecule is Cn1c2cc(-c3ccc4ccccc4c3)ccc2c2c3ccccc3c3c4ccc(-c5ccc6ccccc6c5)cc4n(C)c3c21. The van der Waals surface area contributed by atoms with Crippen molar-refractivity contribution in [1.29, 1.82) is 0 Å². The first-order valence-electron chi connectivity index (χ1n) is 16.0.